The molecular weight excluding hydrogens is 434 g/mol. The first-order chi connectivity index (χ1) is 15.4. The van der Waals surface area contributed by atoms with Crippen LogP contribution in [-0.2, 0) is 19.6 Å². The van der Waals surface area contributed by atoms with Gasteiger partial charge in [-0.2, -0.15) is 4.31 Å². The number of nitrogens with one attached hydrogen (secondary N) is 2. The van der Waals surface area contributed by atoms with Crippen molar-refractivity contribution in [2.45, 2.75) is 24.2 Å². The molecule has 1 saturated heterocycles. The Hall–Kier alpha value is -3.11. The van der Waals surface area contributed by atoms with Crippen molar-refractivity contribution in [2.24, 2.45) is 5.92 Å². The molecule has 9 nitrogen and oxygen atoms in total. The van der Waals surface area contributed by atoms with Gasteiger partial charge in [0.25, 0.3) is 0 Å². The predicted octanol–water partition coefficient (Wildman–Crippen LogP) is 1.96. The van der Waals surface area contributed by atoms with Crippen LogP contribution in [0.15, 0.2) is 53.4 Å². The maximum absolute atomic E-state index is 12.8. The molecule has 0 saturated carbocycles. The van der Waals surface area contributed by atoms with Gasteiger partial charge in [0.1, 0.15) is 0 Å². The number of amides is 2. The summed E-state index contributed by atoms with van der Waals surface area (Å²) in [6.07, 6.45) is 1.31. The number of hydrogen-bond donors (Lipinski definition) is 2. The van der Waals surface area contributed by atoms with E-state index in [1.807, 2.05) is 0 Å². The minimum absolute atomic E-state index is 0.0962. The van der Waals surface area contributed by atoms with Crippen LogP contribution in [0, 0.1) is 5.92 Å². The highest BCUT2D eigenvalue weighted by molar-refractivity contribution is 7.89. The summed E-state index contributed by atoms with van der Waals surface area (Å²) in [5, 5.41) is 5.51. The molecule has 1 atom stereocenters. The van der Waals surface area contributed by atoms with Crippen LogP contribution in [0.1, 0.15) is 19.3 Å². The van der Waals surface area contributed by atoms with E-state index in [1.54, 1.807) is 48.5 Å². The van der Waals surface area contributed by atoms with Gasteiger partial charge >= 0.3 is 0 Å². The minimum atomic E-state index is -3.63. The van der Waals surface area contributed by atoms with Gasteiger partial charge in [0.05, 0.1) is 10.8 Å². The van der Waals surface area contributed by atoms with E-state index >= 15 is 0 Å². The lowest BCUT2D eigenvalue weighted by atomic mass is 9.99. The molecule has 0 radical (unpaired) electrons. The number of sulfonamides is 1. The monoisotopic (exact) mass is 459 g/mol. The van der Waals surface area contributed by atoms with Gasteiger partial charge in [-0.25, -0.2) is 8.42 Å². The number of benzene rings is 2. The van der Waals surface area contributed by atoms with Crippen molar-refractivity contribution in [3.05, 3.63) is 48.5 Å². The molecule has 1 fully saturated rings. The van der Waals surface area contributed by atoms with Crippen LogP contribution in [0.3, 0.4) is 0 Å². The lowest BCUT2D eigenvalue weighted by Gasteiger charge is -2.31. The Morgan fingerprint density at radius 1 is 1.06 bits per heavy atom. The number of carbonyl (C=O) groups excluding carboxylic acids is 2. The summed E-state index contributed by atoms with van der Waals surface area (Å²) >= 11 is 0. The largest absolute Gasteiger partial charge is 0.454 e. The summed E-state index contributed by atoms with van der Waals surface area (Å²) in [7, 11) is -3.63. The van der Waals surface area contributed by atoms with E-state index in [9.17, 15) is 18.0 Å². The third kappa shape index (κ3) is 5.03. The van der Waals surface area contributed by atoms with E-state index < -0.39 is 15.9 Å². The minimum Gasteiger partial charge on any atom is -0.454 e. The SMILES string of the molecule is O=C(CCNC(=O)[C@@H]1CCCN(S(=O)(=O)c2ccccc2)C1)Nc1ccc2c(c1)OCO2. The van der Waals surface area contributed by atoms with Gasteiger partial charge in [0, 0.05) is 37.8 Å². The summed E-state index contributed by atoms with van der Waals surface area (Å²) in [6.45, 7) is 0.840. The van der Waals surface area contributed by atoms with Gasteiger partial charge in [-0.05, 0) is 37.1 Å². The third-order valence-electron chi connectivity index (χ3n) is 5.44. The van der Waals surface area contributed by atoms with E-state index in [4.69, 9.17) is 9.47 Å². The number of nitrogens with zero attached hydrogens (tertiary/aromatic N) is 1. The molecule has 10 heteroatoms. The molecule has 2 aromatic carbocycles. The molecule has 32 heavy (non-hydrogen) atoms. The van der Waals surface area contributed by atoms with Crippen LogP contribution in [-0.4, -0.2) is 51.0 Å². The summed E-state index contributed by atoms with van der Waals surface area (Å²) in [4.78, 5) is 25.0. The van der Waals surface area contributed by atoms with Gasteiger partial charge in [-0.15, -0.1) is 0 Å². The average molecular weight is 460 g/mol. The lowest BCUT2D eigenvalue weighted by Crippen LogP contribution is -2.45. The van der Waals surface area contributed by atoms with Crippen molar-refractivity contribution in [1.29, 1.82) is 0 Å². The van der Waals surface area contributed by atoms with Crippen LogP contribution < -0.4 is 20.1 Å². The first kappa shape index (κ1) is 22.1. The maximum atomic E-state index is 12.8. The standard InChI is InChI=1S/C22H25N3O6S/c26-21(24-17-8-9-19-20(13-17)31-15-30-19)10-11-23-22(27)16-5-4-12-25(14-16)32(28,29)18-6-2-1-3-7-18/h1-3,6-9,13,16H,4-5,10-12,14-15H2,(H,23,27)(H,24,26)/t16-/m1/s1. The van der Waals surface area contributed by atoms with Crippen molar-refractivity contribution in [2.75, 3.05) is 31.7 Å². The summed E-state index contributed by atoms with van der Waals surface area (Å²) in [5.74, 6) is 0.267. The van der Waals surface area contributed by atoms with Crippen molar-refractivity contribution in [3.63, 3.8) is 0 Å². The number of carbonyl (C=O) groups is 2. The Kier molecular flexibility index (Phi) is 6.61. The highest BCUT2D eigenvalue weighted by Gasteiger charge is 2.33. The summed E-state index contributed by atoms with van der Waals surface area (Å²) < 4.78 is 37.5. The molecule has 0 unspecified atom stereocenters. The zero-order chi connectivity index (χ0) is 22.6. The molecule has 0 spiro atoms. The number of anilines is 1. The van der Waals surface area contributed by atoms with Crippen molar-refractivity contribution in [3.8, 4) is 11.5 Å². The highest BCUT2D eigenvalue weighted by atomic mass is 32.2. The van der Waals surface area contributed by atoms with E-state index in [1.165, 1.54) is 4.31 Å². The fraction of sp³-hybridized carbons (Fsp3) is 0.364. The number of ether oxygens (including phenoxy) is 2. The molecule has 4 rings (SSSR count). The lowest BCUT2D eigenvalue weighted by molar-refractivity contribution is -0.126. The number of piperidine rings is 1. The topological polar surface area (TPSA) is 114 Å². The fourth-order valence-corrected chi connectivity index (χ4v) is 5.30. The molecule has 2 amide bonds. The second-order valence-electron chi connectivity index (χ2n) is 7.67. The van der Waals surface area contributed by atoms with Crippen molar-refractivity contribution in [1.82, 2.24) is 9.62 Å². The number of rotatable bonds is 7. The maximum Gasteiger partial charge on any atom is 0.243 e. The number of fused-ring (bicyclic) bond motifs is 1. The van der Waals surface area contributed by atoms with Crippen LogP contribution >= 0.6 is 0 Å². The quantitative estimate of drug-likeness (QED) is 0.654. The molecule has 0 aliphatic carbocycles. The molecular formula is C22H25N3O6S. The third-order valence-corrected chi connectivity index (χ3v) is 7.32. The Labute approximate surface area is 186 Å². The summed E-state index contributed by atoms with van der Waals surface area (Å²) in [5.41, 5.74) is 0.583. The van der Waals surface area contributed by atoms with Gasteiger partial charge in [0.2, 0.25) is 28.6 Å². The Balaban J connectivity index is 1.25. The van der Waals surface area contributed by atoms with Gasteiger partial charge < -0.3 is 20.1 Å². The van der Waals surface area contributed by atoms with Crippen molar-refractivity contribution < 1.29 is 27.5 Å². The Bertz CT molecular complexity index is 1090. The zero-order valence-electron chi connectivity index (χ0n) is 17.5. The highest BCUT2D eigenvalue weighted by Crippen LogP contribution is 2.34. The van der Waals surface area contributed by atoms with Crippen LogP contribution in [0.4, 0.5) is 5.69 Å². The van der Waals surface area contributed by atoms with E-state index in [-0.39, 0.29) is 43.0 Å². The molecule has 170 valence electrons. The molecule has 0 bridgehead atoms. The average Bonchev–Trinajstić information content (AvgIpc) is 3.27. The van der Waals surface area contributed by atoms with Crippen LogP contribution in [0.25, 0.3) is 0 Å². The smallest absolute Gasteiger partial charge is 0.243 e. The first-order valence-corrected chi connectivity index (χ1v) is 11.9. The zero-order valence-corrected chi connectivity index (χ0v) is 18.3. The second-order valence-corrected chi connectivity index (χ2v) is 9.61. The van der Waals surface area contributed by atoms with Crippen LogP contribution in [0.5, 0.6) is 11.5 Å². The molecule has 2 N–H and O–H groups in total. The second kappa shape index (κ2) is 9.58. The Morgan fingerprint density at radius 3 is 2.66 bits per heavy atom. The van der Waals surface area contributed by atoms with Crippen LogP contribution in [0.2, 0.25) is 0 Å². The molecule has 2 aliphatic rings. The van der Waals surface area contributed by atoms with E-state index in [0.29, 0.717) is 36.6 Å². The normalized spacial score (nSPS) is 18.2. The van der Waals surface area contributed by atoms with Gasteiger partial charge in [-0.3, -0.25) is 9.59 Å². The van der Waals surface area contributed by atoms with Gasteiger partial charge in [0.15, 0.2) is 11.5 Å². The molecule has 2 aliphatic heterocycles. The molecule has 2 aromatic rings. The predicted molar refractivity (Wildman–Crippen MR) is 117 cm³/mol. The summed E-state index contributed by atoms with van der Waals surface area (Å²) in [6, 6.07) is 13.3. The molecule has 2 heterocycles. The van der Waals surface area contributed by atoms with E-state index in [2.05, 4.69) is 10.6 Å². The molecule has 0 aromatic heterocycles. The first-order valence-electron chi connectivity index (χ1n) is 10.5. The Morgan fingerprint density at radius 2 is 1.84 bits per heavy atom. The van der Waals surface area contributed by atoms with Crippen molar-refractivity contribution >= 4 is 27.5 Å². The number of hydrogen-bond acceptors (Lipinski definition) is 6. The fourth-order valence-electron chi connectivity index (χ4n) is 3.76. The van der Waals surface area contributed by atoms with E-state index in [0.717, 1.165) is 0 Å². The van der Waals surface area contributed by atoms with Gasteiger partial charge in [-0.1, -0.05) is 18.2 Å².